The van der Waals surface area contributed by atoms with Crippen LogP contribution in [0.15, 0.2) is 27.7 Å². The summed E-state index contributed by atoms with van der Waals surface area (Å²) in [6, 6.07) is 4.99. The Morgan fingerprint density at radius 1 is 1.33 bits per heavy atom. The predicted molar refractivity (Wildman–Crippen MR) is 64.2 cm³/mol. The number of nitrogens with zero attached hydrogens (tertiary/aromatic N) is 1. The molecule has 0 aliphatic heterocycles. The molecule has 1 aromatic rings. The van der Waals surface area contributed by atoms with E-state index in [0.29, 0.717) is 0 Å². The molecule has 1 rings (SSSR count). The third-order valence-electron chi connectivity index (χ3n) is 1.88. The van der Waals surface area contributed by atoms with Crippen molar-refractivity contribution in [2.75, 3.05) is 0 Å². The largest absolute Gasteiger partial charge is 0.508 e. The van der Waals surface area contributed by atoms with Gasteiger partial charge in [-0.3, -0.25) is 4.99 Å². The second-order valence-electron chi connectivity index (χ2n) is 3.68. The summed E-state index contributed by atoms with van der Waals surface area (Å²) >= 11 is 3.26. The van der Waals surface area contributed by atoms with Gasteiger partial charge in [-0.2, -0.15) is 0 Å². The van der Waals surface area contributed by atoms with E-state index in [4.69, 9.17) is 0 Å². The molecule has 0 saturated heterocycles. The maximum atomic E-state index is 9.45. The van der Waals surface area contributed by atoms with Gasteiger partial charge >= 0.3 is 0 Å². The fourth-order valence-electron chi connectivity index (χ4n) is 1.01. The number of rotatable bonds is 3. The molecule has 15 heavy (non-hydrogen) atoms. The molecule has 0 bridgehead atoms. The average molecular weight is 272 g/mol. The van der Waals surface area contributed by atoms with E-state index in [1.165, 1.54) is 0 Å². The summed E-state index contributed by atoms with van der Waals surface area (Å²) in [7, 11) is 0. The van der Waals surface area contributed by atoms with Gasteiger partial charge < -0.3 is 10.2 Å². The third kappa shape index (κ3) is 4.01. The minimum absolute atomic E-state index is 0.0852. The molecule has 0 spiro atoms. The van der Waals surface area contributed by atoms with Crippen LogP contribution >= 0.6 is 15.9 Å². The second-order valence-corrected chi connectivity index (χ2v) is 4.59. The average Bonchev–Trinajstić information content (AvgIpc) is 2.12. The summed E-state index contributed by atoms with van der Waals surface area (Å²) in [4.78, 5) is 3.97. The molecule has 0 aliphatic carbocycles. The van der Waals surface area contributed by atoms with Crippen molar-refractivity contribution < 1.29 is 10.2 Å². The van der Waals surface area contributed by atoms with E-state index in [1.807, 2.05) is 19.9 Å². The van der Waals surface area contributed by atoms with Crippen LogP contribution in [0.1, 0.15) is 19.4 Å². The standard InChI is InChI=1S/C11H14BrNO2/c1-7(2)11(15)13-6-8-3-9(12)5-10(14)4-8/h3-7,11,14-15H,1-2H3/b13-6+. The van der Waals surface area contributed by atoms with Gasteiger partial charge in [0.15, 0.2) is 0 Å². The van der Waals surface area contributed by atoms with Crippen LogP contribution in [0, 0.1) is 5.92 Å². The van der Waals surface area contributed by atoms with E-state index in [9.17, 15) is 10.2 Å². The summed E-state index contributed by atoms with van der Waals surface area (Å²) in [5.74, 6) is 0.256. The van der Waals surface area contributed by atoms with Crippen molar-refractivity contribution in [3.63, 3.8) is 0 Å². The highest BCUT2D eigenvalue weighted by atomic mass is 79.9. The Morgan fingerprint density at radius 3 is 2.53 bits per heavy atom. The lowest BCUT2D eigenvalue weighted by molar-refractivity contribution is 0.135. The number of halogens is 1. The number of phenolic OH excluding ortho intramolecular Hbond substituents is 1. The Bertz CT molecular complexity index is 343. The first kappa shape index (κ1) is 12.2. The lowest BCUT2D eigenvalue weighted by Gasteiger charge is -2.08. The van der Waals surface area contributed by atoms with Crippen molar-refractivity contribution in [1.29, 1.82) is 0 Å². The van der Waals surface area contributed by atoms with Crippen LogP contribution in [0.3, 0.4) is 0 Å². The van der Waals surface area contributed by atoms with Gasteiger partial charge in [0.25, 0.3) is 0 Å². The number of benzene rings is 1. The van der Waals surface area contributed by atoms with Crippen molar-refractivity contribution in [3.8, 4) is 5.75 Å². The highest BCUT2D eigenvalue weighted by Gasteiger charge is 2.04. The monoisotopic (exact) mass is 271 g/mol. The summed E-state index contributed by atoms with van der Waals surface area (Å²) in [6.07, 6.45) is 0.848. The molecule has 0 heterocycles. The highest BCUT2D eigenvalue weighted by Crippen LogP contribution is 2.19. The van der Waals surface area contributed by atoms with E-state index in [1.54, 1.807) is 18.3 Å². The number of aromatic hydroxyl groups is 1. The van der Waals surface area contributed by atoms with Crippen molar-refractivity contribution >= 4 is 22.1 Å². The number of aliphatic hydroxyl groups excluding tert-OH is 1. The Morgan fingerprint density at radius 2 is 2.00 bits per heavy atom. The van der Waals surface area contributed by atoms with Crippen LogP contribution in [-0.2, 0) is 0 Å². The topological polar surface area (TPSA) is 52.8 Å². The van der Waals surface area contributed by atoms with Crippen LogP contribution in [-0.4, -0.2) is 22.7 Å². The molecule has 1 atom stereocenters. The lowest BCUT2D eigenvalue weighted by atomic mass is 10.2. The van der Waals surface area contributed by atoms with Gasteiger partial charge in [-0.05, 0) is 29.7 Å². The number of aliphatic hydroxyl groups is 1. The van der Waals surface area contributed by atoms with Gasteiger partial charge in [-0.25, -0.2) is 0 Å². The molecule has 0 aromatic heterocycles. The molecule has 0 fully saturated rings. The van der Waals surface area contributed by atoms with E-state index in [0.717, 1.165) is 10.0 Å². The zero-order chi connectivity index (χ0) is 11.4. The van der Waals surface area contributed by atoms with Crippen LogP contribution in [0.2, 0.25) is 0 Å². The SMILES string of the molecule is CC(C)C(O)/N=C/c1cc(O)cc(Br)c1. The van der Waals surface area contributed by atoms with Gasteiger partial charge in [-0.1, -0.05) is 29.8 Å². The first-order valence-electron chi connectivity index (χ1n) is 4.70. The van der Waals surface area contributed by atoms with Crippen molar-refractivity contribution in [1.82, 2.24) is 0 Å². The van der Waals surface area contributed by atoms with Gasteiger partial charge in [0, 0.05) is 10.7 Å². The fourth-order valence-corrected chi connectivity index (χ4v) is 1.50. The van der Waals surface area contributed by atoms with E-state index >= 15 is 0 Å². The van der Waals surface area contributed by atoms with Crippen molar-refractivity contribution in [3.05, 3.63) is 28.2 Å². The molecule has 1 unspecified atom stereocenters. The van der Waals surface area contributed by atoms with Gasteiger partial charge in [0.1, 0.15) is 12.0 Å². The maximum absolute atomic E-state index is 9.45. The molecule has 82 valence electrons. The number of hydrogen-bond donors (Lipinski definition) is 2. The minimum Gasteiger partial charge on any atom is -0.508 e. The number of aliphatic imine (C=N–C) groups is 1. The summed E-state index contributed by atoms with van der Waals surface area (Å²) in [6.45, 7) is 3.78. The van der Waals surface area contributed by atoms with E-state index < -0.39 is 6.23 Å². The summed E-state index contributed by atoms with van der Waals surface area (Å²) in [5, 5.41) is 18.8. The second kappa shape index (κ2) is 5.28. The molecule has 3 nitrogen and oxygen atoms in total. The Kier molecular flexibility index (Phi) is 4.29. The van der Waals surface area contributed by atoms with Crippen LogP contribution < -0.4 is 0 Å². The third-order valence-corrected chi connectivity index (χ3v) is 2.34. The molecular formula is C11H14BrNO2. The first-order chi connectivity index (χ1) is 6.99. The molecule has 0 saturated carbocycles. The van der Waals surface area contributed by atoms with Crippen LogP contribution in [0.25, 0.3) is 0 Å². The minimum atomic E-state index is -0.703. The number of hydrogen-bond acceptors (Lipinski definition) is 3. The normalized spacial score (nSPS) is 13.7. The van der Waals surface area contributed by atoms with Crippen LogP contribution in [0.4, 0.5) is 0 Å². The smallest absolute Gasteiger partial charge is 0.147 e. The molecular weight excluding hydrogens is 258 g/mol. The van der Waals surface area contributed by atoms with Crippen LogP contribution in [0.5, 0.6) is 5.75 Å². The Hall–Kier alpha value is -0.870. The lowest BCUT2D eigenvalue weighted by Crippen LogP contribution is -2.11. The van der Waals surface area contributed by atoms with Crippen molar-refractivity contribution in [2.24, 2.45) is 10.9 Å². The van der Waals surface area contributed by atoms with Gasteiger partial charge in [-0.15, -0.1) is 0 Å². The van der Waals surface area contributed by atoms with E-state index in [-0.39, 0.29) is 11.7 Å². The Labute approximate surface area is 97.6 Å². The predicted octanol–water partition coefficient (Wildman–Crippen LogP) is 2.55. The number of phenols is 1. The molecule has 0 radical (unpaired) electrons. The van der Waals surface area contributed by atoms with E-state index in [2.05, 4.69) is 20.9 Å². The first-order valence-corrected chi connectivity index (χ1v) is 5.49. The summed E-state index contributed by atoms with van der Waals surface area (Å²) in [5.41, 5.74) is 0.751. The van der Waals surface area contributed by atoms with Gasteiger partial charge in [0.05, 0.1) is 0 Å². The zero-order valence-corrected chi connectivity index (χ0v) is 10.3. The molecule has 0 aliphatic rings. The zero-order valence-electron chi connectivity index (χ0n) is 8.68. The molecule has 2 N–H and O–H groups in total. The molecule has 0 amide bonds. The Balaban J connectivity index is 2.80. The van der Waals surface area contributed by atoms with Gasteiger partial charge in [0.2, 0.25) is 0 Å². The molecule has 4 heteroatoms. The summed E-state index contributed by atoms with van der Waals surface area (Å²) < 4.78 is 0.781. The maximum Gasteiger partial charge on any atom is 0.147 e. The molecule has 1 aromatic carbocycles. The van der Waals surface area contributed by atoms with Crippen molar-refractivity contribution in [2.45, 2.75) is 20.1 Å². The highest BCUT2D eigenvalue weighted by molar-refractivity contribution is 9.10. The fraction of sp³-hybridized carbons (Fsp3) is 0.364. The quantitative estimate of drug-likeness (QED) is 0.831.